The number of ether oxygens (including phenoxy) is 2. The maximum absolute atomic E-state index is 12.0. The van der Waals surface area contributed by atoms with Crippen molar-refractivity contribution in [2.75, 3.05) is 13.2 Å². The van der Waals surface area contributed by atoms with Crippen LogP contribution in [0.2, 0.25) is 0 Å². The third-order valence-electron chi connectivity index (χ3n) is 5.15. The molecule has 0 saturated heterocycles. The Labute approximate surface area is 194 Å². The molecule has 0 spiro atoms. The van der Waals surface area contributed by atoms with Gasteiger partial charge in [0.25, 0.3) is 0 Å². The summed E-state index contributed by atoms with van der Waals surface area (Å²) in [5.74, 6) is 0.590. The molecule has 0 bridgehead atoms. The molecule has 0 N–H and O–H groups in total. The number of hydrogen-bond acceptors (Lipinski definition) is 4. The molecule has 0 aliphatic rings. The number of benzene rings is 2. The Bertz CT molecular complexity index is 756. The fourth-order valence-electron chi connectivity index (χ4n) is 3.25. The van der Waals surface area contributed by atoms with E-state index in [4.69, 9.17) is 9.47 Å². The summed E-state index contributed by atoms with van der Waals surface area (Å²) in [7, 11) is 0. The summed E-state index contributed by atoms with van der Waals surface area (Å²) >= 11 is 3.40. The standard InChI is InChI=1S/C26H33BrO4/c27-20-22-10-14-24(15-11-22)26(29)31-19-9-7-5-3-1-2-4-6-8-18-30-25-16-12-23(21-28)13-17-25/h10-17,21H,1-9,18-20H2. The first-order valence-electron chi connectivity index (χ1n) is 11.2. The van der Waals surface area contributed by atoms with E-state index in [1.54, 1.807) is 12.1 Å². The average Bonchev–Trinajstić information content (AvgIpc) is 2.82. The second-order valence-corrected chi connectivity index (χ2v) is 8.24. The lowest BCUT2D eigenvalue weighted by molar-refractivity contribution is 0.0497. The van der Waals surface area contributed by atoms with Crippen LogP contribution in [0.5, 0.6) is 5.75 Å². The van der Waals surface area contributed by atoms with Crippen molar-refractivity contribution in [3.8, 4) is 5.75 Å². The van der Waals surface area contributed by atoms with E-state index in [0.29, 0.717) is 17.7 Å². The van der Waals surface area contributed by atoms with Crippen molar-refractivity contribution in [2.45, 2.75) is 63.1 Å². The maximum Gasteiger partial charge on any atom is 0.338 e. The Morgan fingerprint density at radius 3 is 1.84 bits per heavy atom. The normalized spacial score (nSPS) is 10.6. The highest BCUT2D eigenvalue weighted by Gasteiger charge is 2.06. The second-order valence-electron chi connectivity index (χ2n) is 7.68. The van der Waals surface area contributed by atoms with Gasteiger partial charge >= 0.3 is 5.97 Å². The number of carbonyl (C=O) groups is 2. The van der Waals surface area contributed by atoms with Gasteiger partial charge < -0.3 is 9.47 Å². The lowest BCUT2D eigenvalue weighted by Crippen LogP contribution is -2.06. The Morgan fingerprint density at radius 2 is 1.29 bits per heavy atom. The van der Waals surface area contributed by atoms with Gasteiger partial charge in [0.05, 0.1) is 18.8 Å². The fourth-order valence-corrected chi connectivity index (χ4v) is 3.63. The number of aldehydes is 1. The molecular formula is C26H33BrO4. The summed E-state index contributed by atoms with van der Waals surface area (Å²) < 4.78 is 11.0. The zero-order chi connectivity index (χ0) is 22.2. The average molecular weight is 489 g/mol. The monoisotopic (exact) mass is 488 g/mol. The van der Waals surface area contributed by atoms with Crippen molar-refractivity contribution in [3.63, 3.8) is 0 Å². The summed E-state index contributed by atoms with van der Waals surface area (Å²) in [5, 5.41) is 0.788. The van der Waals surface area contributed by atoms with Crippen molar-refractivity contribution < 1.29 is 19.1 Å². The van der Waals surface area contributed by atoms with Crippen LogP contribution in [0.1, 0.15) is 84.1 Å². The third kappa shape index (κ3) is 10.6. The van der Waals surface area contributed by atoms with Gasteiger partial charge in [-0.1, -0.05) is 73.0 Å². The van der Waals surface area contributed by atoms with Crippen LogP contribution in [-0.2, 0) is 10.1 Å². The van der Waals surface area contributed by atoms with Crippen LogP contribution in [0.25, 0.3) is 0 Å². The summed E-state index contributed by atoms with van der Waals surface area (Å²) in [6, 6.07) is 14.7. The van der Waals surface area contributed by atoms with Crippen LogP contribution in [0.3, 0.4) is 0 Å². The van der Waals surface area contributed by atoms with Gasteiger partial charge in [-0.05, 0) is 54.8 Å². The molecule has 2 aromatic rings. The summed E-state index contributed by atoms with van der Waals surface area (Å²) in [6.07, 6.45) is 11.3. The van der Waals surface area contributed by atoms with Crippen LogP contribution >= 0.6 is 15.9 Å². The van der Waals surface area contributed by atoms with Crippen LogP contribution in [0.4, 0.5) is 0 Å². The molecule has 0 aromatic heterocycles. The van der Waals surface area contributed by atoms with Crippen LogP contribution in [-0.4, -0.2) is 25.5 Å². The first-order chi connectivity index (χ1) is 15.2. The Balaban J connectivity index is 1.36. The second kappa shape index (κ2) is 15.6. The lowest BCUT2D eigenvalue weighted by atomic mass is 10.1. The number of carbonyl (C=O) groups excluding carboxylic acids is 2. The van der Waals surface area contributed by atoms with Crippen molar-refractivity contribution in [1.29, 1.82) is 0 Å². The smallest absolute Gasteiger partial charge is 0.338 e. The predicted octanol–water partition coefficient (Wildman–Crippen LogP) is 7.14. The number of esters is 1. The van der Waals surface area contributed by atoms with Crippen LogP contribution in [0, 0.1) is 0 Å². The van der Waals surface area contributed by atoms with Gasteiger partial charge in [-0.3, -0.25) is 4.79 Å². The fraction of sp³-hybridized carbons (Fsp3) is 0.462. The van der Waals surface area contributed by atoms with Crippen molar-refractivity contribution in [1.82, 2.24) is 0 Å². The zero-order valence-corrected chi connectivity index (χ0v) is 19.8. The molecule has 0 heterocycles. The van der Waals surface area contributed by atoms with E-state index in [9.17, 15) is 9.59 Å². The van der Waals surface area contributed by atoms with Crippen molar-refractivity contribution in [2.24, 2.45) is 0 Å². The molecule has 0 unspecified atom stereocenters. The highest BCUT2D eigenvalue weighted by Crippen LogP contribution is 2.14. The van der Waals surface area contributed by atoms with Crippen LogP contribution < -0.4 is 4.74 Å². The molecule has 168 valence electrons. The molecular weight excluding hydrogens is 456 g/mol. The largest absolute Gasteiger partial charge is 0.494 e. The SMILES string of the molecule is O=Cc1ccc(OCCCCCCCCCCCOC(=O)c2ccc(CBr)cc2)cc1. The molecule has 0 amide bonds. The molecule has 2 aromatic carbocycles. The van der Waals surface area contributed by atoms with Crippen molar-refractivity contribution in [3.05, 3.63) is 65.2 Å². The topological polar surface area (TPSA) is 52.6 Å². The van der Waals surface area contributed by atoms with Gasteiger partial charge in [0.2, 0.25) is 0 Å². The van der Waals surface area contributed by atoms with E-state index in [1.807, 2.05) is 36.4 Å². The Hall–Kier alpha value is -2.14. The first kappa shape index (κ1) is 25.1. The quantitative estimate of drug-likeness (QED) is 0.109. The first-order valence-corrected chi connectivity index (χ1v) is 12.3. The third-order valence-corrected chi connectivity index (χ3v) is 5.80. The van der Waals surface area contributed by atoms with Gasteiger partial charge in [0, 0.05) is 10.9 Å². The zero-order valence-electron chi connectivity index (χ0n) is 18.2. The number of hydrogen-bond donors (Lipinski definition) is 0. The Morgan fingerprint density at radius 1 is 0.742 bits per heavy atom. The highest BCUT2D eigenvalue weighted by molar-refractivity contribution is 9.08. The van der Waals surface area contributed by atoms with Gasteiger partial charge in [-0.2, -0.15) is 0 Å². The van der Waals surface area contributed by atoms with Gasteiger partial charge in [0.15, 0.2) is 0 Å². The number of alkyl halides is 1. The molecule has 31 heavy (non-hydrogen) atoms. The molecule has 0 aliphatic carbocycles. The predicted molar refractivity (Wildman–Crippen MR) is 128 cm³/mol. The highest BCUT2D eigenvalue weighted by atomic mass is 79.9. The van der Waals surface area contributed by atoms with Gasteiger partial charge in [0.1, 0.15) is 12.0 Å². The molecule has 4 nitrogen and oxygen atoms in total. The molecule has 2 rings (SSSR count). The summed E-state index contributed by atoms with van der Waals surface area (Å²) in [4.78, 5) is 22.6. The van der Waals surface area contributed by atoms with Gasteiger partial charge in [-0.25, -0.2) is 4.79 Å². The van der Waals surface area contributed by atoms with E-state index in [-0.39, 0.29) is 5.97 Å². The van der Waals surface area contributed by atoms with Gasteiger partial charge in [-0.15, -0.1) is 0 Å². The van der Waals surface area contributed by atoms with E-state index in [2.05, 4.69) is 15.9 Å². The van der Waals surface area contributed by atoms with Crippen molar-refractivity contribution >= 4 is 28.2 Å². The molecule has 5 heteroatoms. The minimum Gasteiger partial charge on any atom is -0.494 e. The minimum absolute atomic E-state index is 0.233. The molecule has 0 aliphatic heterocycles. The summed E-state index contributed by atoms with van der Waals surface area (Å²) in [6.45, 7) is 1.22. The van der Waals surface area contributed by atoms with E-state index >= 15 is 0 Å². The Kier molecular flexibility index (Phi) is 12.7. The lowest BCUT2D eigenvalue weighted by Gasteiger charge is -2.07. The number of halogens is 1. The molecule has 0 atom stereocenters. The van der Waals surface area contributed by atoms with E-state index in [0.717, 1.165) is 48.8 Å². The maximum atomic E-state index is 12.0. The molecule has 0 fully saturated rings. The van der Waals surface area contributed by atoms with Crippen LogP contribution in [0.15, 0.2) is 48.5 Å². The van der Waals surface area contributed by atoms with E-state index in [1.165, 1.54) is 38.5 Å². The summed E-state index contributed by atoms with van der Waals surface area (Å²) in [5.41, 5.74) is 2.43. The molecule has 0 saturated carbocycles. The number of rotatable bonds is 16. The minimum atomic E-state index is -0.233. The molecule has 0 radical (unpaired) electrons. The van der Waals surface area contributed by atoms with E-state index < -0.39 is 0 Å². The number of unbranched alkanes of at least 4 members (excludes halogenated alkanes) is 8.